The van der Waals surface area contributed by atoms with Crippen LogP contribution in [0.1, 0.15) is 5.69 Å². The van der Waals surface area contributed by atoms with Crippen molar-refractivity contribution >= 4 is 11.3 Å². The summed E-state index contributed by atoms with van der Waals surface area (Å²) >= 11 is 0. The van der Waals surface area contributed by atoms with Crippen molar-refractivity contribution in [2.45, 2.75) is 6.92 Å². The van der Waals surface area contributed by atoms with Crippen LogP contribution in [0.4, 0.5) is 5.69 Å². The average molecular weight is 376 g/mol. The number of non-ortho nitro benzene ring substituents is 1. The fourth-order valence-electron chi connectivity index (χ4n) is 3.15. The zero-order chi connectivity index (χ0) is 19.8. The van der Waals surface area contributed by atoms with Gasteiger partial charge in [0.2, 0.25) is 0 Å². The molecule has 0 aliphatic heterocycles. The van der Waals surface area contributed by atoms with E-state index in [1.165, 1.54) is 22.7 Å². The molecule has 0 spiro atoms. The third-order valence-electron chi connectivity index (χ3n) is 4.55. The number of hydrogen-bond acceptors (Lipinski definition) is 5. The van der Waals surface area contributed by atoms with Gasteiger partial charge in [0.05, 0.1) is 17.7 Å². The van der Waals surface area contributed by atoms with Crippen LogP contribution >= 0.6 is 0 Å². The number of aryl methyl sites for hydroxylation is 1. The zero-order valence-corrected chi connectivity index (χ0v) is 15.2. The van der Waals surface area contributed by atoms with E-state index in [1.807, 2.05) is 31.2 Å². The largest absolute Gasteiger partial charge is 0.497 e. The molecule has 8 nitrogen and oxygen atoms in total. The summed E-state index contributed by atoms with van der Waals surface area (Å²) < 4.78 is 6.59. The Balaban J connectivity index is 1.89. The standard InChI is InChI=1S/C20H16N4O4/c1-12-19(14-5-9-16(28-2)10-6-14)20-21-17(11-18(25)23(20)22-12)13-3-7-15(8-4-13)24(26)27/h3-11,22H,1-2H3. The summed E-state index contributed by atoms with van der Waals surface area (Å²) in [4.78, 5) is 27.6. The molecule has 2 heterocycles. The Morgan fingerprint density at radius 2 is 1.71 bits per heavy atom. The Morgan fingerprint density at radius 1 is 1.07 bits per heavy atom. The molecule has 0 bridgehead atoms. The second-order valence-electron chi connectivity index (χ2n) is 6.28. The van der Waals surface area contributed by atoms with Gasteiger partial charge in [-0.2, -0.15) is 0 Å². The lowest BCUT2D eigenvalue weighted by atomic mass is 10.1. The van der Waals surface area contributed by atoms with Gasteiger partial charge in [0.25, 0.3) is 11.2 Å². The van der Waals surface area contributed by atoms with Gasteiger partial charge in [-0.25, -0.2) is 9.50 Å². The van der Waals surface area contributed by atoms with E-state index in [2.05, 4.69) is 10.1 Å². The van der Waals surface area contributed by atoms with E-state index in [0.29, 0.717) is 16.9 Å². The Morgan fingerprint density at radius 3 is 2.32 bits per heavy atom. The molecule has 4 aromatic rings. The molecule has 0 amide bonds. The summed E-state index contributed by atoms with van der Waals surface area (Å²) in [5.41, 5.74) is 3.80. The summed E-state index contributed by atoms with van der Waals surface area (Å²) in [6.07, 6.45) is 0. The fraction of sp³-hybridized carbons (Fsp3) is 0.100. The van der Waals surface area contributed by atoms with Crippen molar-refractivity contribution in [3.8, 4) is 28.1 Å². The minimum Gasteiger partial charge on any atom is -0.497 e. The van der Waals surface area contributed by atoms with Gasteiger partial charge in [-0.1, -0.05) is 12.1 Å². The molecule has 8 heteroatoms. The molecule has 2 aromatic carbocycles. The van der Waals surface area contributed by atoms with Crippen LogP contribution in [0.5, 0.6) is 5.75 Å². The van der Waals surface area contributed by atoms with Gasteiger partial charge < -0.3 is 4.74 Å². The predicted molar refractivity (Wildman–Crippen MR) is 105 cm³/mol. The molecular formula is C20H16N4O4. The number of aromatic amines is 1. The summed E-state index contributed by atoms with van der Waals surface area (Å²) in [5, 5.41) is 13.9. The molecule has 0 unspecified atom stereocenters. The van der Waals surface area contributed by atoms with Gasteiger partial charge in [0.1, 0.15) is 5.75 Å². The first-order chi connectivity index (χ1) is 13.5. The minimum atomic E-state index is -0.466. The number of nitrogens with zero attached hydrogens (tertiary/aromatic N) is 3. The minimum absolute atomic E-state index is 0.0158. The average Bonchev–Trinajstić information content (AvgIpc) is 3.04. The number of aromatic nitrogens is 3. The van der Waals surface area contributed by atoms with Crippen LogP contribution in [-0.4, -0.2) is 26.6 Å². The van der Waals surface area contributed by atoms with E-state index in [9.17, 15) is 14.9 Å². The third kappa shape index (κ3) is 2.90. The molecule has 0 radical (unpaired) electrons. The second-order valence-corrected chi connectivity index (χ2v) is 6.28. The van der Waals surface area contributed by atoms with Gasteiger partial charge >= 0.3 is 0 Å². The van der Waals surface area contributed by atoms with Crippen LogP contribution in [0, 0.1) is 17.0 Å². The number of nitro benzene ring substituents is 1. The van der Waals surface area contributed by atoms with Crippen molar-refractivity contribution in [2.24, 2.45) is 0 Å². The van der Waals surface area contributed by atoms with E-state index in [1.54, 1.807) is 19.2 Å². The molecule has 28 heavy (non-hydrogen) atoms. The molecule has 0 aliphatic carbocycles. The molecule has 0 atom stereocenters. The van der Waals surface area contributed by atoms with Gasteiger partial charge in [-0.05, 0) is 36.8 Å². The van der Waals surface area contributed by atoms with Gasteiger partial charge in [0, 0.05) is 35.0 Å². The van der Waals surface area contributed by atoms with Gasteiger partial charge in [-0.15, -0.1) is 0 Å². The number of fused-ring (bicyclic) bond motifs is 1. The van der Waals surface area contributed by atoms with Crippen LogP contribution in [0.15, 0.2) is 59.4 Å². The van der Waals surface area contributed by atoms with Crippen LogP contribution in [0.3, 0.4) is 0 Å². The van der Waals surface area contributed by atoms with E-state index in [4.69, 9.17) is 4.74 Å². The van der Waals surface area contributed by atoms with Gasteiger partial charge in [0.15, 0.2) is 5.65 Å². The number of nitro groups is 1. The SMILES string of the molecule is COc1ccc(-c2c(C)[nH]n3c(=O)cc(-c4ccc([N+](=O)[O-])cc4)nc23)cc1. The van der Waals surface area contributed by atoms with E-state index in [0.717, 1.165) is 22.6 Å². The van der Waals surface area contributed by atoms with Crippen molar-refractivity contribution in [3.63, 3.8) is 0 Å². The van der Waals surface area contributed by atoms with Crippen LogP contribution < -0.4 is 10.3 Å². The van der Waals surface area contributed by atoms with E-state index in [-0.39, 0.29) is 11.2 Å². The van der Waals surface area contributed by atoms with Crippen molar-refractivity contribution in [2.75, 3.05) is 7.11 Å². The molecule has 140 valence electrons. The van der Waals surface area contributed by atoms with Crippen molar-refractivity contribution < 1.29 is 9.66 Å². The Labute approximate surface area is 159 Å². The first-order valence-corrected chi connectivity index (χ1v) is 8.49. The maximum absolute atomic E-state index is 12.6. The van der Waals surface area contributed by atoms with Crippen molar-refractivity contribution in [1.29, 1.82) is 0 Å². The lowest BCUT2D eigenvalue weighted by molar-refractivity contribution is -0.384. The highest BCUT2D eigenvalue weighted by Crippen LogP contribution is 2.29. The number of benzene rings is 2. The molecule has 0 aliphatic rings. The fourth-order valence-corrected chi connectivity index (χ4v) is 3.15. The molecular weight excluding hydrogens is 360 g/mol. The lowest BCUT2D eigenvalue weighted by Gasteiger charge is -2.05. The maximum Gasteiger partial charge on any atom is 0.273 e. The summed E-state index contributed by atoms with van der Waals surface area (Å²) in [6.45, 7) is 1.87. The molecule has 1 N–H and O–H groups in total. The third-order valence-corrected chi connectivity index (χ3v) is 4.55. The van der Waals surface area contributed by atoms with Crippen LogP contribution in [0.25, 0.3) is 28.0 Å². The smallest absolute Gasteiger partial charge is 0.273 e. The molecule has 4 rings (SSSR count). The lowest BCUT2D eigenvalue weighted by Crippen LogP contribution is -2.14. The molecule has 0 saturated heterocycles. The Kier molecular flexibility index (Phi) is 4.15. The number of hydrogen-bond donors (Lipinski definition) is 1. The molecule has 0 fully saturated rings. The highest BCUT2D eigenvalue weighted by molar-refractivity contribution is 5.81. The number of ether oxygens (including phenoxy) is 1. The summed E-state index contributed by atoms with van der Waals surface area (Å²) in [5.74, 6) is 0.734. The van der Waals surface area contributed by atoms with Crippen LogP contribution in [0.2, 0.25) is 0 Å². The Hall–Kier alpha value is -3.94. The van der Waals surface area contributed by atoms with Gasteiger partial charge in [-0.3, -0.25) is 20.0 Å². The first-order valence-electron chi connectivity index (χ1n) is 8.49. The van der Waals surface area contributed by atoms with Crippen molar-refractivity contribution in [3.05, 3.63) is 80.8 Å². The number of methoxy groups -OCH3 is 1. The summed E-state index contributed by atoms with van der Waals surface area (Å²) in [6, 6.07) is 14.9. The highest BCUT2D eigenvalue weighted by atomic mass is 16.6. The maximum atomic E-state index is 12.6. The number of H-pyrrole nitrogens is 1. The number of nitrogens with one attached hydrogen (secondary N) is 1. The van der Waals surface area contributed by atoms with E-state index < -0.39 is 4.92 Å². The normalized spacial score (nSPS) is 10.9. The zero-order valence-electron chi connectivity index (χ0n) is 15.2. The quantitative estimate of drug-likeness (QED) is 0.433. The Bertz CT molecular complexity index is 1240. The summed E-state index contributed by atoms with van der Waals surface area (Å²) in [7, 11) is 1.60. The topological polar surface area (TPSA) is 103 Å². The first kappa shape index (κ1) is 17.5. The second kappa shape index (κ2) is 6.66. The molecule has 0 saturated carbocycles. The monoisotopic (exact) mass is 376 g/mol. The van der Waals surface area contributed by atoms with Crippen LogP contribution in [-0.2, 0) is 0 Å². The predicted octanol–water partition coefficient (Wildman–Crippen LogP) is 3.58. The van der Waals surface area contributed by atoms with E-state index >= 15 is 0 Å². The highest BCUT2D eigenvalue weighted by Gasteiger charge is 2.16. The number of rotatable bonds is 4. The van der Waals surface area contributed by atoms with Crippen molar-refractivity contribution in [1.82, 2.24) is 14.6 Å². The molecule has 2 aromatic heterocycles.